The predicted octanol–water partition coefficient (Wildman–Crippen LogP) is 2.70. The van der Waals surface area contributed by atoms with Crippen LogP contribution in [0.4, 0.5) is 0 Å². The molecule has 1 N–H and O–H groups in total. The lowest BCUT2D eigenvalue weighted by atomic mass is 10.2. The van der Waals surface area contributed by atoms with Crippen molar-refractivity contribution >= 4 is 15.9 Å². The van der Waals surface area contributed by atoms with Crippen LogP contribution >= 0.6 is 0 Å². The Hall–Kier alpha value is -2.12. The highest BCUT2D eigenvalue weighted by Crippen LogP contribution is 2.21. The van der Waals surface area contributed by atoms with Gasteiger partial charge in [0.15, 0.2) is 0 Å². The van der Waals surface area contributed by atoms with Gasteiger partial charge in [0.2, 0.25) is 15.9 Å². The fraction of sp³-hybridized carbons (Fsp3) is 0.421. The lowest BCUT2D eigenvalue weighted by molar-refractivity contribution is -0.121. The number of aryl methyl sites for hydroxylation is 1. The third-order valence-corrected chi connectivity index (χ3v) is 6.41. The maximum absolute atomic E-state index is 12.7. The molecule has 1 aliphatic heterocycles. The molecule has 0 atom stereocenters. The van der Waals surface area contributed by atoms with Gasteiger partial charge in [-0.05, 0) is 42.7 Å². The van der Waals surface area contributed by atoms with Crippen LogP contribution in [0.5, 0.6) is 0 Å². The molecule has 1 saturated heterocycles. The van der Waals surface area contributed by atoms with E-state index in [1.807, 2.05) is 12.1 Å². The summed E-state index contributed by atoms with van der Waals surface area (Å²) in [6.07, 6.45) is 5.36. The van der Waals surface area contributed by atoms with Crippen LogP contribution < -0.4 is 5.32 Å². The molecular weight excluding hydrogens is 352 g/mol. The molecule has 1 aliphatic rings. The molecule has 3 rings (SSSR count). The molecule has 2 heterocycles. The molecule has 6 nitrogen and oxygen atoms in total. The summed E-state index contributed by atoms with van der Waals surface area (Å²) in [7, 11) is -3.45. The lowest BCUT2D eigenvalue weighted by Crippen LogP contribution is -2.35. The summed E-state index contributed by atoms with van der Waals surface area (Å²) < 4.78 is 32.2. The Kier molecular flexibility index (Phi) is 6.11. The summed E-state index contributed by atoms with van der Waals surface area (Å²) in [5.41, 5.74) is 0.773. The van der Waals surface area contributed by atoms with Crippen molar-refractivity contribution in [3.8, 4) is 0 Å². The second-order valence-corrected chi connectivity index (χ2v) is 8.41. The number of hydrogen-bond donors (Lipinski definition) is 1. The molecule has 26 heavy (non-hydrogen) atoms. The largest absolute Gasteiger partial charge is 0.469 e. The minimum Gasteiger partial charge on any atom is -0.469 e. The number of hydrogen-bond acceptors (Lipinski definition) is 4. The zero-order valence-electron chi connectivity index (χ0n) is 14.7. The number of furan rings is 1. The van der Waals surface area contributed by atoms with Crippen LogP contribution in [-0.2, 0) is 27.8 Å². The molecule has 7 heteroatoms. The molecule has 0 saturated carbocycles. The molecule has 1 aromatic carbocycles. The number of nitrogens with one attached hydrogen (secondary N) is 1. The third kappa shape index (κ3) is 4.74. The van der Waals surface area contributed by atoms with Gasteiger partial charge in [0.05, 0.1) is 11.2 Å². The van der Waals surface area contributed by atoms with Gasteiger partial charge in [0.25, 0.3) is 0 Å². The number of nitrogens with zero attached hydrogens (tertiary/aromatic N) is 1. The van der Waals surface area contributed by atoms with Crippen molar-refractivity contribution in [3.05, 3.63) is 54.0 Å². The van der Waals surface area contributed by atoms with E-state index in [4.69, 9.17) is 4.42 Å². The summed E-state index contributed by atoms with van der Waals surface area (Å²) in [4.78, 5) is 12.3. The van der Waals surface area contributed by atoms with Gasteiger partial charge in [-0.15, -0.1) is 0 Å². The summed E-state index contributed by atoms with van der Waals surface area (Å²) in [5.74, 6) is 0.681. The van der Waals surface area contributed by atoms with Crippen molar-refractivity contribution in [2.24, 2.45) is 0 Å². The van der Waals surface area contributed by atoms with E-state index in [0.717, 1.165) is 30.6 Å². The monoisotopic (exact) mass is 376 g/mol. The molecule has 0 aliphatic carbocycles. The van der Waals surface area contributed by atoms with Crippen molar-refractivity contribution in [1.82, 2.24) is 9.62 Å². The zero-order valence-corrected chi connectivity index (χ0v) is 15.5. The van der Waals surface area contributed by atoms with Gasteiger partial charge in [-0.1, -0.05) is 18.6 Å². The first kappa shape index (κ1) is 18.7. The van der Waals surface area contributed by atoms with Crippen LogP contribution in [0.15, 0.2) is 52.0 Å². The van der Waals surface area contributed by atoms with E-state index < -0.39 is 10.0 Å². The fourth-order valence-corrected chi connectivity index (χ4v) is 4.64. The Bertz CT molecular complexity index is 825. The molecule has 2 aromatic rings. The number of rotatable bonds is 7. The van der Waals surface area contributed by atoms with Gasteiger partial charge in [0, 0.05) is 32.5 Å². The minimum atomic E-state index is -3.45. The van der Waals surface area contributed by atoms with Crippen molar-refractivity contribution in [2.45, 2.75) is 43.5 Å². The summed E-state index contributed by atoms with van der Waals surface area (Å²) in [6, 6.07) is 10.4. The van der Waals surface area contributed by atoms with Crippen LogP contribution in [-0.4, -0.2) is 31.7 Å². The molecule has 1 aromatic heterocycles. The molecule has 0 spiro atoms. The van der Waals surface area contributed by atoms with E-state index in [9.17, 15) is 13.2 Å². The molecule has 0 bridgehead atoms. The number of benzene rings is 1. The number of piperidine rings is 1. The average Bonchev–Trinajstić information content (AvgIpc) is 3.19. The topological polar surface area (TPSA) is 79.6 Å². The van der Waals surface area contributed by atoms with E-state index >= 15 is 0 Å². The Balaban J connectivity index is 1.57. The van der Waals surface area contributed by atoms with Gasteiger partial charge in [-0.25, -0.2) is 8.42 Å². The van der Waals surface area contributed by atoms with Crippen molar-refractivity contribution < 1.29 is 17.6 Å². The Morgan fingerprint density at radius 2 is 1.92 bits per heavy atom. The second kappa shape index (κ2) is 8.51. The van der Waals surface area contributed by atoms with E-state index in [1.54, 1.807) is 34.8 Å². The van der Waals surface area contributed by atoms with Crippen LogP contribution in [0.25, 0.3) is 0 Å². The van der Waals surface area contributed by atoms with Gasteiger partial charge in [-0.3, -0.25) is 4.79 Å². The Labute approximate surface area is 154 Å². The van der Waals surface area contributed by atoms with E-state index in [0.29, 0.717) is 37.4 Å². The molecule has 0 unspecified atom stereocenters. The van der Waals surface area contributed by atoms with E-state index in [2.05, 4.69) is 5.32 Å². The van der Waals surface area contributed by atoms with Crippen LogP contribution in [0.1, 0.15) is 37.0 Å². The maximum Gasteiger partial charge on any atom is 0.243 e. The molecule has 1 amide bonds. The third-order valence-electron chi connectivity index (χ3n) is 4.52. The first-order valence-corrected chi connectivity index (χ1v) is 10.4. The number of carbonyl (C=O) groups excluding carboxylic acids is 1. The van der Waals surface area contributed by atoms with Crippen molar-refractivity contribution in [2.75, 3.05) is 13.1 Å². The summed E-state index contributed by atoms with van der Waals surface area (Å²) in [5, 5.41) is 2.83. The molecule has 140 valence electrons. The highest BCUT2D eigenvalue weighted by Gasteiger charge is 2.25. The van der Waals surface area contributed by atoms with E-state index in [-0.39, 0.29) is 5.91 Å². The fourth-order valence-electron chi connectivity index (χ4n) is 3.05. The SMILES string of the molecule is O=C(CCc1ccco1)NCc1cccc(S(=O)(=O)N2CCCCC2)c1. The standard InChI is InChI=1S/C19H24N2O4S/c22-19(10-9-17-7-5-13-25-17)20-15-16-6-4-8-18(14-16)26(23,24)21-11-2-1-3-12-21/h4-8,13-14H,1-3,9-12,15H2,(H,20,22). The highest BCUT2D eigenvalue weighted by atomic mass is 32.2. The van der Waals surface area contributed by atoms with Crippen LogP contribution in [0.3, 0.4) is 0 Å². The zero-order chi connectivity index (χ0) is 18.4. The van der Waals surface area contributed by atoms with Gasteiger partial charge in [-0.2, -0.15) is 4.31 Å². The second-order valence-electron chi connectivity index (χ2n) is 6.47. The first-order chi connectivity index (χ1) is 12.6. The minimum absolute atomic E-state index is 0.0920. The average molecular weight is 376 g/mol. The van der Waals surface area contributed by atoms with Gasteiger partial charge >= 0.3 is 0 Å². The smallest absolute Gasteiger partial charge is 0.243 e. The quantitative estimate of drug-likeness (QED) is 0.806. The Morgan fingerprint density at radius 1 is 1.12 bits per heavy atom. The van der Waals surface area contributed by atoms with Crippen LogP contribution in [0.2, 0.25) is 0 Å². The van der Waals surface area contributed by atoms with Gasteiger partial charge < -0.3 is 9.73 Å². The predicted molar refractivity (Wildman–Crippen MR) is 97.9 cm³/mol. The normalized spacial score (nSPS) is 15.7. The molecular formula is C19H24N2O4S. The maximum atomic E-state index is 12.7. The van der Waals surface area contributed by atoms with E-state index in [1.165, 1.54) is 0 Å². The number of amides is 1. The summed E-state index contributed by atoms with van der Waals surface area (Å²) in [6.45, 7) is 1.46. The highest BCUT2D eigenvalue weighted by molar-refractivity contribution is 7.89. The lowest BCUT2D eigenvalue weighted by Gasteiger charge is -2.26. The Morgan fingerprint density at radius 3 is 2.65 bits per heavy atom. The number of sulfonamides is 1. The molecule has 0 radical (unpaired) electrons. The first-order valence-electron chi connectivity index (χ1n) is 8.94. The summed E-state index contributed by atoms with van der Waals surface area (Å²) >= 11 is 0. The van der Waals surface area contributed by atoms with Crippen molar-refractivity contribution in [1.29, 1.82) is 0 Å². The number of carbonyl (C=O) groups is 1. The van der Waals surface area contributed by atoms with Crippen LogP contribution in [0, 0.1) is 0 Å². The molecule has 1 fully saturated rings. The van der Waals surface area contributed by atoms with Crippen molar-refractivity contribution in [3.63, 3.8) is 0 Å². The van der Waals surface area contributed by atoms with Gasteiger partial charge in [0.1, 0.15) is 5.76 Å².